The number of carbonyl (C=O) groups is 1. The van der Waals surface area contributed by atoms with Crippen LogP contribution in [0.15, 0.2) is 23.8 Å². The monoisotopic (exact) mass is 388 g/mol. The van der Waals surface area contributed by atoms with E-state index in [1.54, 1.807) is 6.07 Å². The van der Waals surface area contributed by atoms with Gasteiger partial charge in [-0.2, -0.15) is 0 Å². The molecule has 27 heavy (non-hydrogen) atoms. The van der Waals surface area contributed by atoms with Gasteiger partial charge in [0.15, 0.2) is 5.12 Å². The molecule has 1 aliphatic carbocycles. The van der Waals surface area contributed by atoms with Crippen molar-refractivity contribution < 1.29 is 14.6 Å². The van der Waals surface area contributed by atoms with Gasteiger partial charge in [-0.25, -0.2) is 0 Å². The van der Waals surface area contributed by atoms with E-state index < -0.39 is 5.41 Å². The van der Waals surface area contributed by atoms with Crippen LogP contribution in [0, 0.1) is 5.92 Å². The number of hydrogen-bond donors (Lipinski definition) is 1. The SMILES string of the molecule is CCCSC(=O)C(C)(C)c1cc(O)c2c(c1)OC(C)(C)C1CC=C(C)CC21. The van der Waals surface area contributed by atoms with Crippen molar-refractivity contribution in [1.29, 1.82) is 0 Å². The van der Waals surface area contributed by atoms with E-state index in [1.165, 1.54) is 17.3 Å². The number of ether oxygens (including phenoxy) is 1. The first-order valence-corrected chi connectivity index (χ1v) is 11.0. The van der Waals surface area contributed by atoms with E-state index in [2.05, 4.69) is 33.8 Å². The van der Waals surface area contributed by atoms with Crippen LogP contribution < -0.4 is 4.74 Å². The van der Waals surface area contributed by atoms with Crippen molar-refractivity contribution in [2.45, 2.75) is 77.7 Å². The lowest BCUT2D eigenvalue weighted by molar-refractivity contribution is -0.114. The smallest absolute Gasteiger partial charge is 0.198 e. The summed E-state index contributed by atoms with van der Waals surface area (Å²) in [6.45, 7) is 12.4. The summed E-state index contributed by atoms with van der Waals surface area (Å²) < 4.78 is 6.39. The lowest BCUT2D eigenvalue weighted by Crippen LogP contribution is -2.45. The second kappa shape index (κ2) is 7.20. The fourth-order valence-corrected chi connectivity index (χ4v) is 5.29. The number of aromatic hydroxyl groups is 1. The normalized spacial score (nSPS) is 23.7. The molecule has 3 rings (SSSR count). The first kappa shape index (κ1) is 20.3. The fourth-order valence-electron chi connectivity index (χ4n) is 4.42. The first-order chi connectivity index (χ1) is 12.6. The maximum Gasteiger partial charge on any atom is 0.198 e. The van der Waals surface area contributed by atoms with Crippen LogP contribution in [0.2, 0.25) is 0 Å². The highest BCUT2D eigenvalue weighted by Crippen LogP contribution is 2.54. The Balaban J connectivity index is 2.04. The standard InChI is InChI=1S/C23H32O3S/c1-7-10-27-21(25)22(3,4)15-12-18(24)20-16-11-14(2)8-9-17(16)23(5,6)26-19(20)13-15/h8,12-13,16-17,24H,7,9-11H2,1-6H3. The third kappa shape index (κ3) is 3.65. The Morgan fingerprint density at radius 2 is 2.07 bits per heavy atom. The topological polar surface area (TPSA) is 46.5 Å². The molecule has 1 aromatic carbocycles. The van der Waals surface area contributed by atoms with Crippen molar-refractivity contribution >= 4 is 16.9 Å². The maximum absolute atomic E-state index is 12.7. The molecule has 3 nitrogen and oxygen atoms in total. The average molecular weight is 389 g/mol. The molecule has 0 aromatic heterocycles. The minimum Gasteiger partial charge on any atom is -0.508 e. The van der Waals surface area contributed by atoms with Crippen molar-refractivity contribution in [3.05, 3.63) is 34.9 Å². The second-order valence-electron chi connectivity index (χ2n) is 9.08. The van der Waals surface area contributed by atoms with Gasteiger partial charge in [-0.3, -0.25) is 4.79 Å². The molecule has 1 aliphatic heterocycles. The minimum absolute atomic E-state index is 0.132. The summed E-state index contributed by atoms with van der Waals surface area (Å²) in [7, 11) is 0. The summed E-state index contributed by atoms with van der Waals surface area (Å²) in [5, 5.41) is 11.1. The van der Waals surface area contributed by atoms with Gasteiger partial charge in [0.1, 0.15) is 17.1 Å². The molecule has 0 saturated heterocycles. The Bertz CT molecular complexity index is 776. The predicted octanol–water partition coefficient (Wildman–Crippen LogP) is 5.95. The molecule has 1 aromatic rings. The molecule has 1 heterocycles. The number of benzene rings is 1. The van der Waals surface area contributed by atoms with Gasteiger partial charge in [0.25, 0.3) is 0 Å². The third-order valence-electron chi connectivity index (χ3n) is 6.17. The highest BCUT2D eigenvalue weighted by atomic mass is 32.2. The minimum atomic E-state index is -0.668. The van der Waals surface area contributed by atoms with Gasteiger partial charge in [-0.05, 0) is 71.6 Å². The second-order valence-corrected chi connectivity index (χ2v) is 10.1. The number of carbonyl (C=O) groups excluding carboxylic acids is 1. The number of hydrogen-bond acceptors (Lipinski definition) is 4. The molecule has 2 atom stereocenters. The van der Waals surface area contributed by atoms with Crippen LogP contribution in [0.3, 0.4) is 0 Å². The van der Waals surface area contributed by atoms with Crippen LogP contribution in [-0.2, 0) is 10.2 Å². The van der Waals surface area contributed by atoms with Gasteiger partial charge in [-0.1, -0.05) is 30.3 Å². The van der Waals surface area contributed by atoms with Crippen LogP contribution in [-0.4, -0.2) is 21.6 Å². The molecular formula is C23H32O3S. The van der Waals surface area contributed by atoms with Gasteiger partial charge in [0, 0.05) is 23.2 Å². The number of fused-ring (bicyclic) bond motifs is 3. The molecule has 0 amide bonds. The maximum atomic E-state index is 12.7. The highest BCUT2D eigenvalue weighted by Gasteiger charge is 2.46. The van der Waals surface area contributed by atoms with Crippen molar-refractivity contribution in [3.8, 4) is 11.5 Å². The van der Waals surface area contributed by atoms with Crippen molar-refractivity contribution in [1.82, 2.24) is 0 Å². The van der Waals surface area contributed by atoms with Gasteiger partial charge in [0.05, 0.1) is 5.41 Å². The number of phenols is 1. The summed E-state index contributed by atoms with van der Waals surface area (Å²) in [6, 6.07) is 3.78. The molecule has 148 valence electrons. The van der Waals surface area contributed by atoms with E-state index >= 15 is 0 Å². The van der Waals surface area contributed by atoms with E-state index in [-0.39, 0.29) is 22.4 Å². The fraction of sp³-hybridized carbons (Fsp3) is 0.609. The molecule has 4 heteroatoms. The Labute approximate surface area is 167 Å². The molecule has 0 spiro atoms. The molecular weight excluding hydrogens is 356 g/mol. The van der Waals surface area contributed by atoms with Gasteiger partial charge >= 0.3 is 0 Å². The summed E-state index contributed by atoms with van der Waals surface area (Å²) in [5.74, 6) is 2.44. The van der Waals surface area contributed by atoms with E-state index in [4.69, 9.17) is 4.74 Å². The molecule has 0 saturated carbocycles. The van der Waals surface area contributed by atoms with Crippen LogP contribution in [0.5, 0.6) is 11.5 Å². The van der Waals surface area contributed by atoms with Gasteiger partial charge in [-0.15, -0.1) is 0 Å². The Morgan fingerprint density at radius 1 is 1.37 bits per heavy atom. The lowest BCUT2D eigenvalue weighted by Gasteiger charge is -2.47. The quantitative estimate of drug-likeness (QED) is 0.647. The zero-order valence-corrected chi connectivity index (χ0v) is 18.2. The van der Waals surface area contributed by atoms with Crippen LogP contribution in [0.4, 0.5) is 0 Å². The largest absolute Gasteiger partial charge is 0.508 e. The number of thioether (sulfide) groups is 1. The average Bonchev–Trinajstić information content (AvgIpc) is 2.58. The number of phenolic OH excluding ortho intramolecular Hbond substituents is 1. The summed E-state index contributed by atoms with van der Waals surface area (Å²) in [5.41, 5.74) is 2.14. The molecule has 0 bridgehead atoms. The highest BCUT2D eigenvalue weighted by molar-refractivity contribution is 8.13. The first-order valence-electron chi connectivity index (χ1n) is 9.97. The van der Waals surface area contributed by atoms with Gasteiger partial charge < -0.3 is 9.84 Å². The number of rotatable bonds is 4. The van der Waals surface area contributed by atoms with Gasteiger partial charge in [0.2, 0.25) is 0 Å². The van der Waals surface area contributed by atoms with Crippen LogP contribution in [0.1, 0.15) is 77.8 Å². The van der Waals surface area contributed by atoms with Crippen molar-refractivity contribution in [2.24, 2.45) is 5.92 Å². The molecule has 1 N–H and O–H groups in total. The summed E-state index contributed by atoms with van der Waals surface area (Å²) >= 11 is 1.37. The van der Waals surface area contributed by atoms with E-state index in [9.17, 15) is 9.90 Å². The van der Waals surface area contributed by atoms with Crippen LogP contribution >= 0.6 is 11.8 Å². The van der Waals surface area contributed by atoms with E-state index in [0.717, 1.165) is 41.9 Å². The molecule has 2 aliphatic rings. The summed E-state index contributed by atoms with van der Waals surface area (Å²) in [6.07, 6.45) is 5.19. The Kier molecular flexibility index (Phi) is 5.42. The molecule has 0 radical (unpaired) electrons. The Morgan fingerprint density at radius 3 is 2.74 bits per heavy atom. The lowest BCUT2D eigenvalue weighted by atomic mass is 9.67. The van der Waals surface area contributed by atoms with E-state index in [1.807, 2.05) is 19.9 Å². The van der Waals surface area contributed by atoms with Crippen molar-refractivity contribution in [3.63, 3.8) is 0 Å². The summed E-state index contributed by atoms with van der Waals surface area (Å²) in [4.78, 5) is 12.7. The molecule has 2 unspecified atom stereocenters. The third-order valence-corrected chi connectivity index (χ3v) is 7.56. The zero-order valence-electron chi connectivity index (χ0n) is 17.4. The van der Waals surface area contributed by atoms with Crippen molar-refractivity contribution in [2.75, 3.05) is 5.75 Å². The van der Waals surface area contributed by atoms with Crippen LogP contribution in [0.25, 0.3) is 0 Å². The zero-order chi connectivity index (χ0) is 20.0. The molecule has 0 fully saturated rings. The Hall–Kier alpha value is -1.42. The van der Waals surface area contributed by atoms with E-state index in [0.29, 0.717) is 5.92 Å². The predicted molar refractivity (Wildman–Crippen MR) is 113 cm³/mol. The number of allylic oxidation sites excluding steroid dienone is 2.